The lowest BCUT2D eigenvalue weighted by Crippen LogP contribution is -2.56. The lowest BCUT2D eigenvalue weighted by molar-refractivity contribution is -0.149. The molecule has 1 fully saturated rings. The first-order valence-corrected chi connectivity index (χ1v) is 14.3. The van der Waals surface area contributed by atoms with E-state index >= 15 is 0 Å². The van der Waals surface area contributed by atoms with Gasteiger partial charge < -0.3 is 34.6 Å². The van der Waals surface area contributed by atoms with E-state index in [2.05, 4.69) is 5.32 Å². The molecule has 1 aliphatic heterocycles. The van der Waals surface area contributed by atoms with Gasteiger partial charge in [-0.2, -0.15) is 0 Å². The molecule has 1 aliphatic carbocycles. The van der Waals surface area contributed by atoms with Crippen LogP contribution in [0.2, 0.25) is 0 Å². The van der Waals surface area contributed by atoms with Crippen LogP contribution < -0.4 is 14.8 Å². The zero-order chi connectivity index (χ0) is 29.5. The van der Waals surface area contributed by atoms with E-state index in [1.165, 1.54) is 36.3 Å². The number of benzene rings is 2. The average molecular weight is 682 g/mol. The highest BCUT2D eigenvalue weighted by molar-refractivity contribution is 14.1. The number of amides is 2. The maximum atomic E-state index is 13.8. The van der Waals surface area contributed by atoms with Gasteiger partial charge in [0.25, 0.3) is 5.91 Å². The predicted molar refractivity (Wildman–Crippen MR) is 154 cm³/mol. The highest BCUT2D eigenvalue weighted by atomic mass is 127. The van der Waals surface area contributed by atoms with E-state index in [9.17, 15) is 29.0 Å². The number of rotatable bonds is 11. The second-order valence-corrected chi connectivity index (χ2v) is 10.9. The van der Waals surface area contributed by atoms with Gasteiger partial charge in [0.1, 0.15) is 30.4 Å². The fourth-order valence-corrected chi connectivity index (χ4v) is 5.69. The van der Waals surface area contributed by atoms with Gasteiger partial charge in [-0.15, -0.1) is 0 Å². The molecule has 3 N–H and O–H groups in total. The number of aliphatic hydroxyl groups excluding tert-OH is 2. The van der Waals surface area contributed by atoms with Crippen molar-refractivity contribution in [3.8, 4) is 11.5 Å². The summed E-state index contributed by atoms with van der Waals surface area (Å²) >= 11 is 1.99. The van der Waals surface area contributed by atoms with Crippen LogP contribution in [0.15, 0.2) is 48.0 Å². The zero-order valence-corrected chi connectivity index (χ0v) is 24.6. The summed E-state index contributed by atoms with van der Waals surface area (Å²) in [6.07, 6.45) is 0.287. The number of hydrogen-bond acceptors (Lipinski definition) is 8. The van der Waals surface area contributed by atoms with E-state index in [0.717, 1.165) is 0 Å². The Hall–Kier alpha value is -3.07. The van der Waals surface area contributed by atoms with Crippen LogP contribution in [0.3, 0.4) is 0 Å². The molecule has 0 radical (unpaired) electrons. The minimum atomic E-state index is -1.29. The highest BCUT2D eigenvalue weighted by Gasteiger charge is 2.43. The molecule has 2 aromatic carbocycles. The normalized spacial score (nSPS) is 22.0. The first-order valence-electron chi connectivity index (χ1n) is 13.2. The molecular weight excluding hydrogens is 650 g/mol. The van der Waals surface area contributed by atoms with E-state index in [1.54, 1.807) is 18.2 Å². The third kappa shape index (κ3) is 7.42. The second-order valence-electron chi connectivity index (χ2n) is 9.76. The zero-order valence-electron chi connectivity index (χ0n) is 22.4. The minimum absolute atomic E-state index is 0.00372. The van der Waals surface area contributed by atoms with E-state index in [1.807, 2.05) is 22.6 Å². The Morgan fingerprint density at radius 3 is 2.66 bits per heavy atom. The number of ether oxygens (including phenoxy) is 3. The summed E-state index contributed by atoms with van der Waals surface area (Å²) in [4.78, 5) is 39.7. The lowest BCUT2D eigenvalue weighted by Gasteiger charge is -2.41. The van der Waals surface area contributed by atoms with Gasteiger partial charge in [-0.25, -0.2) is 4.39 Å². The van der Waals surface area contributed by atoms with Crippen molar-refractivity contribution < 1.29 is 43.2 Å². The highest BCUT2D eigenvalue weighted by Crippen LogP contribution is 2.37. The molecule has 0 bridgehead atoms. The van der Waals surface area contributed by atoms with Crippen molar-refractivity contribution in [2.45, 2.75) is 50.2 Å². The van der Waals surface area contributed by atoms with Crippen LogP contribution in [-0.4, -0.2) is 84.4 Å². The van der Waals surface area contributed by atoms with Crippen LogP contribution in [0.5, 0.6) is 11.5 Å². The van der Waals surface area contributed by atoms with Crippen LogP contribution in [0.1, 0.15) is 35.2 Å². The smallest absolute Gasteiger partial charge is 0.252 e. The third-order valence-corrected chi connectivity index (χ3v) is 7.81. The van der Waals surface area contributed by atoms with Crippen LogP contribution in [0.25, 0.3) is 0 Å². The molecule has 2 aromatic rings. The summed E-state index contributed by atoms with van der Waals surface area (Å²) < 4.78 is 31.5. The lowest BCUT2D eigenvalue weighted by atomic mass is 9.87. The fraction of sp³-hybridized carbons (Fsp3) is 0.414. The van der Waals surface area contributed by atoms with Crippen LogP contribution in [0, 0.1) is 9.39 Å². The van der Waals surface area contributed by atoms with Gasteiger partial charge in [-0.1, -0.05) is 12.1 Å². The quantitative estimate of drug-likeness (QED) is 0.243. The van der Waals surface area contributed by atoms with Crippen molar-refractivity contribution in [1.82, 2.24) is 10.2 Å². The molecular formula is C29H32FIN2O8. The molecule has 220 valence electrons. The van der Waals surface area contributed by atoms with Gasteiger partial charge in [0.15, 0.2) is 11.5 Å². The SMILES string of the molecule is COc1cc(C=O)cc(I)c1OC1C=C(C(=O)NCCO)CC(N(Cc2ccc(F)cc2)C(=O)C2CCCO2)C1O. The number of carbonyl (C=O) groups excluding carboxylic acids is 3. The van der Waals surface area contributed by atoms with E-state index in [-0.39, 0.29) is 49.1 Å². The summed E-state index contributed by atoms with van der Waals surface area (Å²) in [5.41, 5.74) is 1.25. The molecule has 4 unspecified atom stereocenters. The molecule has 1 heterocycles. The standard InChI is InChI=1S/C29H32FIN2O8/c1-39-25-12-18(16-35)11-21(31)27(25)41-24-14-19(28(37)32-8-9-34)13-22(26(24)36)33(29(38)23-3-2-10-40-23)15-17-4-6-20(30)7-5-17/h4-7,11-12,14,16,22-24,26,34,36H,2-3,8-10,13,15H2,1H3,(H,32,37). The Labute approximate surface area is 250 Å². The molecule has 2 amide bonds. The second kappa shape index (κ2) is 14.2. The topological polar surface area (TPSA) is 135 Å². The van der Waals surface area contributed by atoms with Gasteiger partial charge in [0.2, 0.25) is 5.91 Å². The monoisotopic (exact) mass is 682 g/mol. The Kier molecular flexibility index (Phi) is 10.7. The fourth-order valence-electron chi connectivity index (χ4n) is 4.94. The van der Waals surface area contributed by atoms with Crippen LogP contribution >= 0.6 is 22.6 Å². The van der Waals surface area contributed by atoms with Crippen molar-refractivity contribution in [1.29, 1.82) is 0 Å². The number of aldehydes is 1. The summed E-state index contributed by atoms with van der Waals surface area (Å²) in [7, 11) is 1.42. The molecule has 1 saturated heterocycles. The molecule has 2 aliphatic rings. The molecule has 41 heavy (non-hydrogen) atoms. The Morgan fingerprint density at radius 1 is 1.27 bits per heavy atom. The van der Waals surface area contributed by atoms with Crippen molar-refractivity contribution in [3.63, 3.8) is 0 Å². The molecule has 0 saturated carbocycles. The van der Waals surface area contributed by atoms with Gasteiger partial charge in [0.05, 0.1) is 23.3 Å². The van der Waals surface area contributed by atoms with Crippen molar-refractivity contribution in [2.24, 2.45) is 0 Å². The van der Waals surface area contributed by atoms with Crippen LogP contribution in [0.4, 0.5) is 4.39 Å². The number of nitrogens with zero attached hydrogens (tertiary/aromatic N) is 1. The maximum absolute atomic E-state index is 13.8. The number of halogens is 2. The van der Waals surface area contributed by atoms with E-state index in [4.69, 9.17) is 14.2 Å². The van der Waals surface area contributed by atoms with E-state index < -0.39 is 36.1 Å². The van der Waals surface area contributed by atoms with Crippen molar-refractivity contribution in [3.05, 3.63) is 68.6 Å². The largest absolute Gasteiger partial charge is 0.493 e. The molecule has 0 spiro atoms. The first-order chi connectivity index (χ1) is 19.7. The van der Waals surface area contributed by atoms with Gasteiger partial charge in [-0.3, -0.25) is 14.4 Å². The van der Waals surface area contributed by atoms with Crippen LogP contribution in [-0.2, 0) is 20.9 Å². The number of carbonyl (C=O) groups is 3. The Morgan fingerprint density at radius 2 is 2.02 bits per heavy atom. The molecule has 4 atom stereocenters. The minimum Gasteiger partial charge on any atom is -0.493 e. The molecule has 10 nitrogen and oxygen atoms in total. The maximum Gasteiger partial charge on any atom is 0.252 e. The van der Waals surface area contributed by atoms with Crippen molar-refractivity contribution in [2.75, 3.05) is 26.9 Å². The Bertz CT molecular complexity index is 1280. The number of methoxy groups -OCH3 is 1. The first kappa shape index (κ1) is 30.9. The summed E-state index contributed by atoms with van der Waals surface area (Å²) in [6, 6.07) is 7.87. The number of aliphatic hydroxyl groups is 2. The Balaban J connectivity index is 1.73. The van der Waals surface area contributed by atoms with Gasteiger partial charge >= 0.3 is 0 Å². The van der Waals surface area contributed by atoms with Gasteiger partial charge in [-0.05, 0) is 71.3 Å². The molecule has 4 rings (SSSR count). The van der Waals surface area contributed by atoms with Gasteiger partial charge in [0, 0.05) is 37.3 Å². The third-order valence-electron chi connectivity index (χ3n) is 7.01. The summed E-state index contributed by atoms with van der Waals surface area (Å²) in [6.45, 7) is 0.219. The molecule has 0 aromatic heterocycles. The average Bonchev–Trinajstić information content (AvgIpc) is 3.52. The van der Waals surface area contributed by atoms with E-state index in [0.29, 0.717) is 40.4 Å². The summed E-state index contributed by atoms with van der Waals surface area (Å²) in [5.74, 6) is -0.744. The molecule has 12 heteroatoms. The number of nitrogens with one attached hydrogen (secondary N) is 1. The predicted octanol–water partition coefficient (Wildman–Crippen LogP) is 2.37. The van der Waals surface area contributed by atoms with Crippen molar-refractivity contribution >= 4 is 40.7 Å². The summed E-state index contributed by atoms with van der Waals surface area (Å²) in [5, 5.41) is 23.5. The number of hydrogen-bond donors (Lipinski definition) is 3.